The number of nitrogens with zero attached hydrogens (tertiary/aromatic N) is 1. The Kier molecular flexibility index (Phi) is 6.28. The number of amides is 3. The lowest BCUT2D eigenvalue weighted by atomic mass is 10.2. The molecule has 150 valence electrons. The summed E-state index contributed by atoms with van der Waals surface area (Å²) in [4.78, 5) is 37.6. The van der Waals surface area contributed by atoms with Crippen LogP contribution >= 0.6 is 11.8 Å². The fourth-order valence-electron chi connectivity index (χ4n) is 2.54. The van der Waals surface area contributed by atoms with E-state index < -0.39 is 35.2 Å². The van der Waals surface area contributed by atoms with Crippen LogP contribution in [0.3, 0.4) is 0 Å². The maximum atomic E-state index is 13.6. The summed E-state index contributed by atoms with van der Waals surface area (Å²) < 4.78 is 31.9. The van der Waals surface area contributed by atoms with Crippen molar-refractivity contribution in [1.29, 1.82) is 0 Å². The molecule has 1 aliphatic rings. The molecule has 0 radical (unpaired) electrons. The van der Waals surface area contributed by atoms with E-state index >= 15 is 0 Å². The quantitative estimate of drug-likeness (QED) is 0.717. The highest BCUT2D eigenvalue weighted by Crippen LogP contribution is 2.32. The van der Waals surface area contributed by atoms with Crippen molar-refractivity contribution < 1.29 is 27.9 Å². The Labute approximate surface area is 169 Å². The van der Waals surface area contributed by atoms with Crippen molar-refractivity contribution >= 4 is 40.6 Å². The highest BCUT2D eigenvalue weighted by Gasteiger charge is 2.36. The van der Waals surface area contributed by atoms with Crippen LogP contribution in [0.4, 0.5) is 19.3 Å². The molecule has 0 saturated carbocycles. The second-order valence-electron chi connectivity index (χ2n) is 5.94. The predicted molar refractivity (Wildman–Crippen MR) is 105 cm³/mol. The minimum absolute atomic E-state index is 0.167. The van der Waals surface area contributed by atoms with E-state index in [1.165, 1.54) is 6.08 Å². The van der Waals surface area contributed by atoms with E-state index in [1.54, 1.807) is 24.3 Å². The van der Waals surface area contributed by atoms with Gasteiger partial charge in [-0.15, -0.1) is 0 Å². The van der Waals surface area contributed by atoms with Crippen LogP contribution in [0.5, 0.6) is 5.75 Å². The molecule has 1 fully saturated rings. The number of nitrogens with one attached hydrogen (secondary N) is 1. The van der Waals surface area contributed by atoms with Gasteiger partial charge in [-0.2, -0.15) is 0 Å². The fourth-order valence-corrected chi connectivity index (χ4v) is 3.38. The minimum Gasteiger partial charge on any atom is -0.494 e. The van der Waals surface area contributed by atoms with Gasteiger partial charge in [0.25, 0.3) is 11.1 Å². The molecule has 1 N–H and O–H groups in total. The lowest BCUT2D eigenvalue weighted by Crippen LogP contribution is -2.36. The summed E-state index contributed by atoms with van der Waals surface area (Å²) in [5.41, 5.74) is 0.449. The highest BCUT2D eigenvalue weighted by molar-refractivity contribution is 8.18. The maximum absolute atomic E-state index is 13.6. The van der Waals surface area contributed by atoms with E-state index in [-0.39, 0.29) is 10.6 Å². The van der Waals surface area contributed by atoms with Crippen molar-refractivity contribution in [2.24, 2.45) is 0 Å². The van der Waals surface area contributed by atoms with Gasteiger partial charge in [0.1, 0.15) is 23.9 Å². The van der Waals surface area contributed by atoms with Crippen molar-refractivity contribution in [2.75, 3.05) is 18.5 Å². The number of thioether (sulfide) groups is 1. The van der Waals surface area contributed by atoms with Crippen LogP contribution in [-0.2, 0) is 9.59 Å². The highest BCUT2D eigenvalue weighted by atomic mass is 32.2. The summed E-state index contributed by atoms with van der Waals surface area (Å²) in [6.45, 7) is 1.81. The number of hydrogen-bond acceptors (Lipinski definition) is 5. The van der Waals surface area contributed by atoms with Gasteiger partial charge < -0.3 is 10.1 Å². The first-order valence-corrected chi connectivity index (χ1v) is 9.42. The first-order chi connectivity index (χ1) is 13.9. The van der Waals surface area contributed by atoms with Gasteiger partial charge in [0.05, 0.1) is 17.2 Å². The smallest absolute Gasteiger partial charge is 0.294 e. The summed E-state index contributed by atoms with van der Waals surface area (Å²) in [6.07, 6.45) is 1.54. The Hall–Kier alpha value is -3.20. The Bertz CT molecular complexity index is 992. The first kappa shape index (κ1) is 20.5. The summed E-state index contributed by atoms with van der Waals surface area (Å²) in [6, 6.07) is 9.62. The molecule has 2 aromatic rings. The van der Waals surface area contributed by atoms with Gasteiger partial charge in [-0.1, -0.05) is 12.1 Å². The van der Waals surface area contributed by atoms with Crippen molar-refractivity contribution in [3.63, 3.8) is 0 Å². The predicted octanol–water partition coefficient (Wildman–Crippen LogP) is 4.04. The molecule has 0 spiro atoms. The van der Waals surface area contributed by atoms with Crippen LogP contribution in [0, 0.1) is 11.6 Å². The van der Waals surface area contributed by atoms with Crippen LogP contribution in [0.1, 0.15) is 12.5 Å². The van der Waals surface area contributed by atoms with E-state index in [2.05, 4.69) is 5.32 Å². The summed E-state index contributed by atoms with van der Waals surface area (Å²) in [5.74, 6) is -2.46. The Morgan fingerprint density at radius 1 is 1.17 bits per heavy atom. The Morgan fingerprint density at radius 2 is 1.90 bits per heavy atom. The van der Waals surface area contributed by atoms with E-state index in [0.29, 0.717) is 35.7 Å². The topological polar surface area (TPSA) is 75.7 Å². The van der Waals surface area contributed by atoms with Gasteiger partial charge in [-0.3, -0.25) is 19.3 Å². The molecule has 0 unspecified atom stereocenters. The summed E-state index contributed by atoms with van der Waals surface area (Å²) >= 11 is 0.708. The number of anilines is 1. The molecule has 6 nitrogen and oxygen atoms in total. The zero-order chi connectivity index (χ0) is 21.0. The average Bonchev–Trinajstić information content (AvgIpc) is 2.93. The lowest BCUT2D eigenvalue weighted by molar-refractivity contribution is -0.127. The molecule has 1 heterocycles. The molecule has 1 aliphatic heterocycles. The molecular weight excluding hydrogens is 402 g/mol. The van der Waals surface area contributed by atoms with Gasteiger partial charge in [0.15, 0.2) is 0 Å². The van der Waals surface area contributed by atoms with E-state index in [4.69, 9.17) is 4.74 Å². The van der Waals surface area contributed by atoms with Crippen LogP contribution in [0.25, 0.3) is 6.08 Å². The molecule has 29 heavy (non-hydrogen) atoms. The molecule has 0 aliphatic carbocycles. The van der Waals surface area contributed by atoms with E-state index in [1.807, 2.05) is 6.92 Å². The van der Waals surface area contributed by atoms with Crippen LogP contribution in [0.15, 0.2) is 47.4 Å². The fraction of sp³-hybridized carbons (Fsp3) is 0.150. The molecular formula is C20H16F2N2O4S. The van der Waals surface area contributed by atoms with Crippen molar-refractivity contribution in [3.8, 4) is 5.75 Å². The number of imide groups is 1. The zero-order valence-electron chi connectivity index (χ0n) is 15.3. The third-order valence-corrected chi connectivity index (χ3v) is 4.78. The SMILES string of the molecule is CCOc1ccc(C=C2SC(=O)N(CC(=O)Nc3ccc(F)cc3F)C2=O)cc1. The van der Waals surface area contributed by atoms with Crippen LogP contribution < -0.4 is 10.1 Å². The minimum atomic E-state index is -0.956. The number of halogens is 2. The third-order valence-electron chi connectivity index (χ3n) is 3.87. The van der Waals surface area contributed by atoms with Crippen LogP contribution in [-0.4, -0.2) is 35.1 Å². The normalized spacial score (nSPS) is 15.1. The number of ether oxygens (including phenoxy) is 1. The number of carbonyl (C=O) groups is 3. The standard InChI is InChI=1S/C20H16F2N2O4S/c1-2-28-14-6-3-12(4-7-14)9-17-19(26)24(20(27)29-17)11-18(25)23-16-8-5-13(21)10-15(16)22/h3-10H,2,11H2,1H3,(H,23,25). The van der Waals surface area contributed by atoms with Crippen molar-refractivity contribution in [2.45, 2.75) is 6.92 Å². The number of carbonyl (C=O) groups excluding carboxylic acids is 3. The number of hydrogen-bond donors (Lipinski definition) is 1. The van der Waals surface area contributed by atoms with Crippen molar-refractivity contribution in [1.82, 2.24) is 4.90 Å². The molecule has 1 saturated heterocycles. The molecule has 3 rings (SSSR count). The summed E-state index contributed by atoms with van der Waals surface area (Å²) in [5, 5.41) is 1.61. The third kappa shape index (κ3) is 5.00. The lowest BCUT2D eigenvalue weighted by Gasteiger charge is -2.12. The second kappa shape index (κ2) is 8.87. The average molecular weight is 418 g/mol. The number of benzene rings is 2. The zero-order valence-corrected chi connectivity index (χ0v) is 16.1. The largest absolute Gasteiger partial charge is 0.494 e. The van der Waals surface area contributed by atoms with Gasteiger partial charge in [0.2, 0.25) is 5.91 Å². The second-order valence-corrected chi connectivity index (χ2v) is 6.94. The number of rotatable bonds is 6. The van der Waals surface area contributed by atoms with Gasteiger partial charge in [-0.05, 0) is 54.6 Å². The first-order valence-electron chi connectivity index (χ1n) is 8.60. The van der Waals surface area contributed by atoms with Gasteiger partial charge >= 0.3 is 0 Å². The Morgan fingerprint density at radius 3 is 2.55 bits per heavy atom. The molecule has 3 amide bonds. The van der Waals surface area contributed by atoms with Gasteiger partial charge in [0, 0.05) is 6.07 Å². The summed E-state index contributed by atoms with van der Waals surface area (Å²) in [7, 11) is 0. The van der Waals surface area contributed by atoms with E-state index in [0.717, 1.165) is 17.0 Å². The molecule has 9 heteroatoms. The van der Waals surface area contributed by atoms with Crippen molar-refractivity contribution in [3.05, 3.63) is 64.6 Å². The molecule has 2 aromatic carbocycles. The Balaban J connectivity index is 1.67. The molecule has 0 bridgehead atoms. The molecule has 0 atom stereocenters. The molecule has 0 aromatic heterocycles. The van der Waals surface area contributed by atoms with Gasteiger partial charge in [-0.25, -0.2) is 8.78 Å². The van der Waals surface area contributed by atoms with Crippen LogP contribution in [0.2, 0.25) is 0 Å². The maximum Gasteiger partial charge on any atom is 0.294 e. The van der Waals surface area contributed by atoms with E-state index in [9.17, 15) is 23.2 Å². The monoisotopic (exact) mass is 418 g/mol.